The molecule has 1 aromatic carbocycles. The molecule has 0 saturated heterocycles. The van der Waals surface area contributed by atoms with Gasteiger partial charge in [-0.3, -0.25) is 4.79 Å². The standard InChI is InChI=1S/C11H12O2/c1-8(2)6-9-4-3-5-10(7-12)11(9)13/h3-5,7,13H,1,6H2,2H3. The van der Waals surface area contributed by atoms with E-state index >= 15 is 0 Å². The second-order valence-electron chi connectivity index (χ2n) is 3.11. The fraction of sp³-hybridized carbons (Fsp3) is 0.182. The number of allylic oxidation sites excluding steroid dienone is 1. The number of phenolic OH excluding ortho intramolecular Hbond substituents is 1. The third-order valence-electron chi connectivity index (χ3n) is 1.77. The van der Waals surface area contributed by atoms with E-state index in [0.717, 1.165) is 11.1 Å². The van der Waals surface area contributed by atoms with Crippen LogP contribution in [-0.4, -0.2) is 11.4 Å². The summed E-state index contributed by atoms with van der Waals surface area (Å²) in [6.45, 7) is 5.63. The van der Waals surface area contributed by atoms with Crippen molar-refractivity contribution in [2.45, 2.75) is 13.3 Å². The first-order valence-electron chi connectivity index (χ1n) is 4.05. The zero-order valence-corrected chi connectivity index (χ0v) is 7.58. The van der Waals surface area contributed by atoms with Crippen molar-refractivity contribution in [2.75, 3.05) is 0 Å². The van der Waals surface area contributed by atoms with Gasteiger partial charge in [-0.15, -0.1) is 0 Å². The van der Waals surface area contributed by atoms with E-state index in [-0.39, 0.29) is 5.75 Å². The van der Waals surface area contributed by atoms with E-state index in [0.29, 0.717) is 18.3 Å². The molecule has 0 unspecified atom stereocenters. The smallest absolute Gasteiger partial charge is 0.153 e. The summed E-state index contributed by atoms with van der Waals surface area (Å²) in [5.74, 6) is 0.0699. The predicted molar refractivity (Wildman–Crippen MR) is 52.0 cm³/mol. The summed E-state index contributed by atoms with van der Waals surface area (Å²) in [7, 11) is 0. The molecule has 68 valence electrons. The van der Waals surface area contributed by atoms with Crippen LogP contribution < -0.4 is 0 Å². The lowest BCUT2D eigenvalue weighted by molar-refractivity contribution is 0.112. The number of phenols is 1. The van der Waals surface area contributed by atoms with Gasteiger partial charge in [0.15, 0.2) is 6.29 Å². The van der Waals surface area contributed by atoms with Crippen LogP contribution in [0, 0.1) is 0 Å². The molecule has 0 heterocycles. The molecule has 0 atom stereocenters. The van der Waals surface area contributed by atoms with Gasteiger partial charge in [0, 0.05) is 0 Å². The molecule has 1 aromatic rings. The van der Waals surface area contributed by atoms with Crippen molar-refractivity contribution in [3.63, 3.8) is 0 Å². The first-order valence-corrected chi connectivity index (χ1v) is 4.05. The average Bonchev–Trinajstić information content (AvgIpc) is 2.08. The second-order valence-corrected chi connectivity index (χ2v) is 3.11. The monoisotopic (exact) mass is 176 g/mol. The Kier molecular flexibility index (Phi) is 2.85. The third-order valence-corrected chi connectivity index (χ3v) is 1.77. The van der Waals surface area contributed by atoms with Crippen LogP contribution in [0.3, 0.4) is 0 Å². The number of hydrogen-bond acceptors (Lipinski definition) is 2. The van der Waals surface area contributed by atoms with Crippen molar-refractivity contribution in [3.8, 4) is 5.75 Å². The van der Waals surface area contributed by atoms with Gasteiger partial charge in [-0.25, -0.2) is 0 Å². The van der Waals surface area contributed by atoms with Crippen molar-refractivity contribution in [3.05, 3.63) is 41.5 Å². The highest BCUT2D eigenvalue weighted by Gasteiger charge is 2.05. The number of para-hydroxylation sites is 1. The van der Waals surface area contributed by atoms with E-state index in [1.165, 1.54) is 0 Å². The lowest BCUT2D eigenvalue weighted by atomic mass is 10.0. The van der Waals surface area contributed by atoms with Crippen LogP contribution in [0.1, 0.15) is 22.8 Å². The van der Waals surface area contributed by atoms with Gasteiger partial charge in [-0.1, -0.05) is 24.3 Å². The molecule has 0 saturated carbocycles. The van der Waals surface area contributed by atoms with Crippen molar-refractivity contribution >= 4 is 6.29 Å². The fourth-order valence-electron chi connectivity index (χ4n) is 1.17. The zero-order chi connectivity index (χ0) is 9.84. The normalized spacial score (nSPS) is 9.62. The van der Waals surface area contributed by atoms with Crippen molar-refractivity contribution in [2.24, 2.45) is 0 Å². The molecule has 2 heteroatoms. The van der Waals surface area contributed by atoms with Gasteiger partial charge < -0.3 is 5.11 Å². The van der Waals surface area contributed by atoms with Gasteiger partial charge in [-0.05, 0) is 25.0 Å². The number of hydrogen-bond donors (Lipinski definition) is 1. The van der Waals surface area contributed by atoms with Gasteiger partial charge in [0.25, 0.3) is 0 Å². The molecule has 1 N–H and O–H groups in total. The van der Waals surface area contributed by atoms with Crippen molar-refractivity contribution < 1.29 is 9.90 Å². The minimum Gasteiger partial charge on any atom is -0.507 e. The summed E-state index contributed by atoms with van der Waals surface area (Å²) in [5, 5.41) is 9.57. The maximum Gasteiger partial charge on any atom is 0.153 e. The highest BCUT2D eigenvalue weighted by atomic mass is 16.3. The molecule has 0 bridgehead atoms. The Morgan fingerprint density at radius 3 is 2.85 bits per heavy atom. The van der Waals surface area contributed by atoms with E-state index in [2.05, 4.69) is 6.58 Å². The van der Waals surface area contributed by atoms with Crippen LogP contribution in [0.25, 0.3) is 0 Å². The molecule has 0 aliphatic heterocycles. The quantitative estimate of drug-likeness (QED) is 0.567. The first kappa shape index (κ1) is 9.52. The predicted octanol–water partition coefficient (Wildman–Crippen LogP) is 2.32. The first-order chi connectivity index (χ1) is 6.15. The lowest BCUT2D eigenvalue weighted by Crippen LogP contribution is -1.90. The molecular formula is C11H12O2. The molecule has 0 spiro atoms. The van der Waals surface area contributed by atoms with Crippen molar-refractivity contribution in [1.82, 2.24) is 0 Å². The molecule has 0 fully saturated rings. The van der Waals surface area contributed by atoms with Gasteiger partial charge in [0.1, 0.15) is 5.75 Å². The highest BCUT2D eigenvalue weighted by molar-refractivity contribution is 5.79. The molecule has 0 radical (unpaired) electrons. The molecule has 0 aromatic heterocycles. The molecule has 2 nitrogen and oxygen atoms in total. The van der Waals surface area contributed by atoms with Gasteiger partial charge in [-0.2, -0.15) is 0 Å². The number of carbonyl (C=O) groups excluding carboxylic acids is 1. The number of carbonyl (C=O) groups is 1. The van der Waals surface area contributed by atoms with Crippen LogP contribution in [0.2, 0.25) is 0 Å². The summed E-state index contributed by atoms with van der Waals surface area (Å²) < 4.78 is 0. The Bertz CT molecular complexity index is 340. The fourth-order valence-corrected chi connectivity index (χ4v) is 1.17. The van der Waals surface area contributed by atoms with Crippen LogP contribution in [0.5, 0.6) is 5.75 Å². The molecule has 0 amide bonds. The Balaban J connectivity index is 3.07. The Morgan fingerprint density at radius 2 is 2.31 bits per heavy atom. The molecule has 1 rings (SSSR count). The summed E-state index contributed by atoms with van der Waals surface area (Å²) in [5.41, 5.74) is 2.04. The Hall–Kier alpha value is -1.57. The third kappa shape index (κ3) is 2.18. The Morgan fingerprint density at radius 1 is 1.62 bits per heavy atom. The number of rotatable bonds is 3. The number of aldehydes is 1. The van der Waals surface area contributed by atoms with E-state index in [1.54, 1.807) is 18.2 Å². The lowest BCUT2D eigenvalue weighted by Gasteiger charge is -2.05. The summed E-state index contributed by atoms with van der Waals surface area (Å²) in [6.07, 6.45) is 1.25. The SMILES string of the molecule is C=C(C)Cc1cccc(C=O)c1O. The average molecular weight is 176 g/mol. The van der Waals surface area contributed by atoms with Gasteiger partial charge in [0.2, 0.25) is 0 Å². The maximum atomic E-state index is 10.5. The van der Waals surface area contributed by atoms with E-state index < -0.39 is 0 Å². The zero-order valence-electron chi connectivity index (χ0n) is 7.58. The van der Waals surface area contributed by atoms with E-state index in [9.17, 15) is 9.90 Å². The number of benzene rings is 1. The highest BCUT2D eigenvalue weighted by Crippen LogP contribution is 2.22. The van der Waals surface area contributed by atoms with Gasteiger partial charge >= 0.3 is 0 Å². The largest absolute Gasteiger partial charge is 0.507 e. The molecule has 0 aliphatic rings. The molecular weight excluding hydrogens is 164 g/mol. The minimum absolute atomic E-state index is 0.0699. The maximum absolute atomic E-state index is 10.5. The van der Waals surface area contributed by atoms with Gasteiger partial charge in [0.05, 0.1) is 5.56 Å². The second kappa shape index (κ2) is 3.90. The molecule has 0 aliphatic carbocycles. The van der Waals surface area contributed by atoms with Crippen LogP contribution >= 0.6 is 0 Å². The van der Waals surface area contributed by atoms with Crippen LogP contribution in [0.15, 0.2) is 30.4 Å². The molecule has 13 heavy (non-hydrogen) atoms. The topological polar surface area (TPSA) is 37.3 Å². The summed E-state index contributed by atoms with van der Waals surface area (Å²) in [4.78, 5) is 10.5. The minimum atomic E-state index is 0.0699. The van der Waals surface area contributed by atoms with E-state index in [4.69, 9.17) is 0 Å². The summed E-state index contributed by atoms with van der Waals surface area (Å²) in [6, 6.07) is 5.13. The summed E-state index contributed by atoms with van der Waals surface area (Å²) >= 11 is 0. The Labute approximate surface area is 77.5 Å². The van der Waals surface area contributed by atoms with E-state index in [1.807, 2.05) is 6.92 Å². The van der Waals surface area contributed by atoms with Crippen molar-refractivity contribution in [1.29, 1.82) is 0 Å². The van der Waals surface area contributed by atoms with Crippen LogP contribution in [-0.2, 0) is 6.42 Å². The number of aromatic hydroxyl groups is 1. The van der Waals surface area contributed by atoms with Crippen LogP contribution in [0.4, 0.5) is 0 Å².